The molecule has 2 aromatic rings. The first-order chi connectivity index (χ1) is 14.8. The van der Waals surface area contributed by atoms with Gasteiger partial charge in [-0.25, -0.2) is 9.18 Å². The molecule has 1 fully saturated rings. The Morgan fingerprint density at radius 3 is 2.23 bits per heavy atom. The van der Waals surface area contributed by atoms with Gasteiger partial charge in [0.25, 0.3) is 0 Å². The number of nitrogens with one attached hydrogen (secondary N) is 2. The smallest absolute Gasteiger partial charge is 0.328 e. The van der Waals surface area contributed by atoms with E-state index < -0.39 is 17.3 Å². The van der Waals surface area contributed by atoms with E-state index in [-0.39, 0.29) is 24.6 Å². The number of carbonyl (C=O) groups is 2. The van der Waals surface area contributed by atoms with Crippen LogP contribution in [0.15, 0.2) is 48.5 Å². The van der Waals surface area contributed by atoms with Crippen LogP contribution in [0, 0.1) is 11.2 Å². The Morgan fingerprint density at radius 1 is 1.06 bits per heavy atom. The maximum Gasteiger partial charge on any atom is 0.328 e. The van der Waals surface area contributed by atoms with Gasteiger partial charge in [0.1, 0.15) is 17.2 Å². The molecule has 31 heavy (non-hydrogen) atoms. The van der Waals surface area contributed by atoms with Crippen molar-refractivity contribution in [1.29, 1.82) is 5.41 Å². The summed E-state index contributed by atoms with van der Waals surface area (Å²) in [5.41, 5.74) is 5.60. The van der Waals surface area contributed by atoms with Crippen LogP contribution in [0.25, 0.3) is 0 Å². The molecule has 0 aliphatic carbocycles. The lowest BCUT2D eigenvalue weighted by Crippen LogP contribution is -2.54. The molecule has 0 saturated carbocycles. The molecule has 1 saturated heterocycles. The number of amidine groups is 1. The average Bonchev–Trinajstić information content (AvgIpc) is 2.76. The number of aliphatic carboxylic acids is 1. The lowest BCUT2D eigenvalue weighted by Gasteiger charge is -2.43. The number of hydrogen-bond acceptors (Lipinski definition) is 4. The van der Waals surface area contributed by atoms with Gasteiger partial charge in [0.05, 0.1) is 0 Å². The number of benzene rings is 2. The summed E-state index contributed by atoms with van der Waals surface area (Å²) in [7, 11) is 0. The first-order valence-corrected chi connectivity index (χ1v) is 10.3. The SMILES string of the molecule is N=C(N)c1ccc(NC(=O)CCC(C(=O)O)(c2ccc(F)cc2)N2CCCCC2)cc1. The number of carboxylic acids is 1. The molecule has 0 bridgehead atoms. The Hall–Kier alpha value is -3.26. The van der Waals surface area contributed by atoms with Crippen molar-refractivity contribution in [2.45, 2.75) is 37.6 Å². The first-order valence-electron chi connectivity index (χ1n) is 10.3. The van der Waals surface area contributed by atoms with E-state index >= 15 is 0 Å². The lowest BCUT2D eigenvalue weighted by atomic mass is 9.82. The normalized spacial score (nSPS) is 16.3. The molecule has 1 amide bonds. The minimum atomic E-state index is -1.40. The maximum atomic E-state index is 13.5. The van der Waals surface area contributed by atoms with Crippen LogP contribution in [-0.2, 0) is 15.1 Å². The van der Waals surface area contributed by atoms with Gasteiger partial charge < -0.3 is 16.2 Å². The zero-order valence-electron chi connectivity index (χ0n) is 17.2. The van der Waals surface area contributed by atoms with E-state index in [0.29, 0.717) is 29.9 Å². The van der Waals surface area contributed by atoms with Crippen molar-refractivity contribution in [3.8, 4) is 0 Å². The van der Waals surface area contributed by atoms with Gasteiger partial charge >= 0.3 is 5.97 Å². The van der Waals surface area contributed by atoms with Crippen LogP contribution < -0.4 is 11.1 Å². The fourth-order valence-electron chi connectivity index (χ4n) is 4.10. The van der Waals surface area contributed by atoms with Crippen molar-refractivity contribution < 1.29 is 19.1 Å². The molecule has 1 unspecified atom stereocenters. The molecule has 1 heterocycles. The van der Waals surface area contributed by atoms with Gasteiger partial charge in [-0.05, 0) is 74.3 Å². The van der Waals surface area contributed by atoms with Gasteiger partial charge in [-0.2, -0.15) is 0 Å². The van der Waals surface area contributed by atoms with Crippen LogP contribution in [0.4, 0.5) is 10.1 Å². The Morgan fingerprint density at radius 2 is 1.68 bits per heavy atom. The monoisotopic (exact) mass is 426 g/mol. The number of rotatable bonds is 8. The molecule has 2 aromatic carbocycles. The van der Waals surface area contributed by atoms with Crippen molar-refractivity contribution in [2.24, 2.45) is 5.73 Å². The third-order valence-electron chi connectivity index (χ3n) is 5.77. The summed E-state index contributed by atoms with van der Waals surface area (Å²) >= 11 is 0. The number of hydrogen-bond donors (Lipinski definition) is 4. The number of nitrogen functional groups attached to an aromatic ring is 1. The number of piperidine rings is 1. The molecular weight excluding hydrogens is 399 g/mol. The minimum absolute atomic E-state index is 0.0192. The van der Waals surface area contributed by atoms with Crippen molar-refractivity contribution in [1.82, 2.24) is 4.90 Å². The number of carbonyl (C=O) groups excluding carboxylic acids is 1. The van der Waals surface area contributed by atoms with E-state index in [0.717, 1.165) is 19.3 Å². The Balaban J connectivity index is 1.80. The summed E-state index contributed by atoms with van der Waals surface area (Å²) in [5.74, 6) is -1.86. The van der Waals surface area contributed by atoms with E-state index in [1.807, 2.05) is 4.90 Å². The molecule has 1 aliphatic rings. The Labute approximate surface area is 180 Å². The van der Waals surface area contributed by atoms with E-state index in [1.54, 1.807) is 24.3 Å². The number of anilines is 1. The standard InChI is InChI=1S/C23H27FN4O3/c24-18-8-6-17(7-9-18)23(22(30)31,28-14-2-1-3-15-28)13-12-20(29)27-19-10-4-16(5-11-19)21(25)26/h4-11H,1-3,12-15H2,(H3,25,26)(H,27,29)(H,30,31). The molecule has 1 aliphatic heterocycles. The number of nitrogens with two attached hydrogens (primary N) is 1. The summed E-state index contributed by atoms with van der Waals surface area (Å²) in [6.07, 6.45) is 2.84. The summed E-state index contributed by atoms with van der Waals surface area (Å²) in [6, 6.07) is 12.1. The number of carboxylic acid groups (broad SMARTS) is 1. The Kier molecular flexibility index (Phi) is 7.02. The Bertz CT molecular complexity index is 940. The average molecular weight is 426 g/mol. The van der Waals surface area contributed by atoms with E-state index in [2.05, 4.69) is 5.32 Å². The van der Waals surface area contributed by atoms with Crippen LogP contribution >= 0.6 is 0 Å². The molecule has 7 nitrogen and oxygen atoms in total. The molecule has 164 valence electrons. The predicted octanol–water partition coefficient (Wildman–Crippen LogP) is 3.29. The van der Waals surface area contributed by atoms with Crippen molar-refractivity contribution in [2.75, 3.05) is 18.4 Å². The third kappa shape index (κ3) is 5.08. The van der Waals surface area contributed by atoms with Crippen LogP contribution in [0.1, 0.15) is 43.2 Å². The second-order valence-corrected chi connectivity index (χ2v) is 7.76. The molecular formula is C23H27FN4O3. The highest BCUT2D eigenvalue weighted by Crippen LogP contribution is 2.36. The summed E-state index contributed by atoms with van der Waals surface area (Å²) in [4.78, 5) is 27.1. The topological polar surface area (TPSA) is 120 Å². The van der Waals surface area contributed by atoms with Crippen LogP contribution in [0.2, 0.25) is 0 Å². The van der Waals surface area contributed by atoms with E-state index in [4.69, 9.17) is 11.1 Å². The molecule has 1 atom stereocenters. The van der Waals surface area contributed by atoms with Crippen molar-refractivity contribution in [3.63, 3.8) is 0 Å². The van der Waals surface area contributed by atoms with Gasteiger partial charge in [0, 0.05) is 17.7 Å². The van der Waals surface area contributed by atoms with Crippen LogP contribution in [0.5, 0.6) is 0 Å². The van der Waals surface area contributed by atoms with Gasteiger partial charge in [0.15, 0.2) is 0 Å². The van der Waals surface area contributed by atoms with Gasteiger partial charge in [0.2, 0.25) is 5.91 Å². The zero-order valence-corrected chi connectivity index (χ0v) is 17.2. The quantitative estimate of drug-likeness (QED) is 0.381. The third-order valence-corrected chi connectivity index (χ3v) is 5.77. The largest absolute Gasteiger partial charge is 0.480 e. The zero-order chi connectivity index (χ0) is 22.4. The first kappa shape index (κ1) is 22.4. The number of halogens is 1. The minimum Gasteiger partial charge on any atom is -0.480 e. The summed E-state index contributed by atoms with van der Waals surface area (Å²) in [5, 5.41) is 20.5. The molecule has 8 heteroatoms. The molecule has 0 aromatic heterocycles. The highest BCUT2D eigenvalue weighted by molar-refractivity contribution is 5.96. The number of amides is 1. The van der Waals surface area contributed by atoms with Gasteiger partial charge in [-0.15, -0.1) is 0 Å². The number of likely N-dealkylation sites (tertiary alicyclic amines) is 1. The van der Waals surface area contributed by atoms with Crippen LogP contribution in [0.3, 0.4) is 0 Å². The highest BCUT2D eigenvalue weighted by atomic mass is 19.1. The molecule has 3 rings (SSSR count). The fraction of sp³-hybridized carbons (Fsp3) is 0.348. The maximum absolute atomic E-state index is 13.5. The summed E-state index contributed by atoms with van der Waals surface area (Å²) in [6.45, 7) is 1.22. The second-order valence-electron chi connectivity index (χ2n) is 7.76. The highest BCUT2D eigenvalue weighted by Gasteiger charge is 2.46. The lowest BCUT2D eigenvalue weighted by molar-refractivity contribution is -0.154. The van der Waals surface area contributed by atoms with Gasteiger partial charge in [-0.1, -0.05) is 18.6 Å². The fourth-order valence-corrected chi connectivity index (χ4v) is 4.10. The predicted molar refractivity (Wildman–Crippen MR) is 116 cm³/mol. The van der Waals surface area contributed by atoms with Crippen molar-refractivity contribution in [3.05, 3.63) is 65.5 Å². The molecule has 0 radical (unpaired) electrons. The van der Waals surface area contributed by atoms with Gasteiger partial charge in [-0.3, -0.25) is 15.1 Å². The molecule has 5 N–H and O–H groups in total. The summed E-state index contributed by atoms with van der Waals surface area (Å²) < 4.78 is 13.5. The van der Waals surface area contributed by atoms with E-state index in [9.17, 15) is 19.1 Å². The molecule has 0 spiro atoms. The number of nitrogens with zero attached hydrogens (tertiary/aromatic N) is 1. The van der Waals surface area contributed by atoms with Crippen LogP contribution in [-0.4, -0.2) is 40.8 Å². The van der Waals surface area contributed by atoms with E-state index in [1.165, 1.54) is 24.3 Å². The van der Waals surface area contributed by atoms with Crippen molar-refractivity contribution >= 4 is 23.4 Å². The second kappa shape index (κ2) is 9.70.